The number of hydrogen-bond acceptors (Lipinski definition) is 5. The number of hydrogen-bond donors (Lipinski definition) is 0. The van der Waals surface area contributed by atoms with Crippen LogP contribution in [0.2, 0.25) is 0 Å². The van der Waals surface area contributed by atoms with Crippen LogP contribution in [-0.4, -0.2) is 47.8 Å². The zero-order valence-electron chi connectivity index (χ0n) is 15.0. The molecule has 1 amide bonds. The number of imidazole rings is 1. The maximum atomic E-state index is 12.5. The van der Waals surface area contributed by atoms with Crippen LogP contribution in [0, 0.1) is 0 Å². The van der Waals surface area contributed by atoms with Crippen LogP contribution >= 0.6 is 11.8 Å². The van der Waals surface area contributed by atoms with Gasteiger partial charge in [0.15, 0.2) is 16.3 Å². The Bertz CT molecular complexity index is 942. The number of rotatable bonds is 3. The number of fused-ring (bicyclic) bond motifs is 1. The Morgan fingerprint density at radius 2 is 1.88 bits per heavy atom. The molecule has 136 valence electrons. The molecule has 0 radical (unpaired) electrons. The quantitative estimate of drug-likeness (QED) is 0.738. The molecule has 0 spiro atoms. The van der Waals surface area contributed by atoms with Crippen molar-refractivity contribution < 1.29 is 4.79 Å². The van der Waals surface area contributed by atoms with E-state index in [0.29, 0.717) is 16.3 Å². The van der Waals surface area contributed by atoms with E-state index in [4.69, 9.17) is 0 Å². The number of aromatic nitrogens is 4. The molecule has 1 atom stereocenters. The summed E-state index contributed by atoms with van der Waals surface area (Å²) in [6.07, 6.45) is 3.26. The summed E-state index contributed by atoms with van der Waals surface area (Å²) >= 11 is 1.30. The van der Waals surface area contributed by atoms with Crippen molar-refractivity contribution in [1.29, 1.82) is 0 Å². The molecule has 8 nitrogen and oxygen atoms in total. The first-order chi connectivity index (χ1) is 11.8. The van der Waals surface area contributed by atoms with E-state index < -0.39 is 5.69 Å². The Balaban J connectivity index is 1.88. The van der Waals surface area contributed by atoms with Crippen LogP contribution in [0.4, 0.5) is 0 Å². The molecule has 1 aliphatic heterocycles. The van der Waals surface area contributed by atoms with Crippen molar-refractivity contribution in [3.63, 3.8) is 0 Å². The van der Waals surface area contributed by atoms with Crippen molar-refractivity contribution in [1.82, 2.24) is 23.6 Å². The molecule has 0 aromatic carbocycles. The lowest BCUT2D eigenvalue weighted by atomic mass is 10.0. The van der Waals surface area contributed by atoms with E-state index in [-0.39, 0.29) is 23.3 Å². The van der Waals surface area contributed by atoms with E-state index in [1.165, 1.54) is 29.8 Å². The van der Waals surface area contributed by atoms with Gasteiger partial charge in [-0.3, -0.25) is 18.7 Å². The summed E-state index contributed by atoms with van der Waals surface area (Å²) in [5.41, 5.74) is -0.0796. The molecule has 0 unspecified atom stereocenters. The second-order valence-corrected chi connectivity index (χ2v) is 7.49. The zero-order valence-corrected chi connectivity index (χ0v) is 15.8. The maximum absolute atomic E-state index is 12.5. The summed E-state index contributed by atoms with van der Waals surface area (Å²) in [5.74, 6) is 0.363. The molecule has 2 aromatic heterocycles. The van der Waals surface area contributed by atoms with Gasteiger partial charge in [-0.25, -0.2) is 9.78 Å². The molecule has 0 saturated carbocycles. The van der Waals surface area contributed by atoms with Crippen molar-refractivity contribution in [2.75, 3.05) is 12.3 Å². The number of nitrogens with zero attached hydrogens (tertiary/aromatic N) is 5. The molecule has 1 fully saturated rings. The summed E-state index contributed by atoms with van der Waals surface area (Å²) in [7, 11) is 4.77. The Kier molecular flexibility index (Phi) is 4.77. The average molecular weight is 365 g/mol. The van der Waals surface area contributed by atoms with Crippen molar-refractivity contribution in [3.8, 4) is 0 Å². The largest absolute Gasteiger partial charge is 0.339 e. The van der Waals surface area contributed by atoms with Crippen LogP contribution < -0.4 is 11.2 Å². The van der Waals surface area contributed by atoms with E-state index in [0.717, 1.165) is 24.0 Å². The van der Waals surface area contributed by atoms with Gasteiger partial charge in [-0.15, -0.1) is 0 Å². The fraction of sp³-hybridized carbons (Fsp3) is 0.625. The third-order valence-electron chi connectivity index (χ3n) is 4.88. The Morgan fingerprint density at radius 1 is 1.16 bits per heavy atom. The van der Waals surface area contributed by atoms with Gasteiger partial charge in [0.25, 0.3) is 5.56 Å². The highest BCUT2D eigenvalue weighted by atomic mass is 32.2. The first-order valence-electron chi connectivity index (χ1n) is 8.37. The third kappa shape index (κ3) is 3.01. The van der Waals surface area contributed by atoms with Crippen LogP contribution in [0.25, 0.3) is 11.2 Å². The summed E-state index contributed by atoms with van der Waals surface area (Å²) < 4.78 is 4.09. The highest BCUT2D eigenvalue weighted by Crippen LogP contribution is 2.22. The zero-order chi connectivity index (χ0) is 18.3. The molecule has 1 aliphatic rings. The minimum absolute atomic E-state index is 0.0889. The number of carbonyl (C=O) groups excluding carboxylic acids is 1. The van der Waals surface area contributed by atoms with Crippen LogP contribution in [-0.2, 0) is 25.9 Å². The SMILES string of the molecule is C[C@H]1CCCCN1C(=O)CSc1nc2c(c(=O)n(C)c(=O)n2C)n1C. The van der Waals surface area contributed by atoms with Gasteiger partial charge in [0.05, 0.1) is 5.75 Å². The minimum Gasteiger partial charge on any atom is -0.339 e. The normalized spacial score (nSPS) is 18.1. The highest BCUT2D eigenvalue weighted by Gasteiger charge is 2.24. The van der Waals surface area contributed by atoms with Gasteiger partial charge >= 0.3 is 5.69 Å². The van der Waals surface area contributed by atoms with Crippen LogP contribution in [0.5, 0.6) is 0 Å². The molecule has 9 heteroatoms. The van der Waals surface area contributed by atoms with Gasteiger partial charge in [-0.1, -0.05) is 11.8 Å². The predicted octanol–water partition coefficient (Wildman–Crippen LogP) is 0.464. The Morgan fingerprint density at radius 3 is 2.56 bits per heavy atom. The first kappa shape index (κ1) is 17.8. The van der Waals surface area contributed by atoms with Crippen LogP contribution in [0.1, 0.15) is 26.2 Å². The predicted molar refractivity (Wildman–Crippen MR) is 96.9 cm³/mol. The molecule has 1 saturated heterocycles. The fourth-order valence-corrected chi connectivity index (χ4v) is 4.16. The van der Waals surface area contributed by atoms with E-state index in [9.17, 15) is 14.4 Å². The molecule has 2 aromatic rings. The van der Waals surface area contributed by atoms with Gasteiger partial charge in [-0.2, -0.15) is 0 Å². The van der Waals surface area contributed by atoms with Gasteiger partial charge in [0, 0.05) is 33.7 Å². The lowest BCUT2D eigenvalue weighted by molar-refractivity contribution is -0.131. The standard InChI is InChI=1S/C16H23N5O3S/c1-10-7-5-6-8-21(10)11(22)9-25-15-17-13-12(18(15)2)14(23)20(4)16(24)19(13)3/h10H,5-9H2,1-4H3/t10-/m0/s1. The van der Waals surface area contributed by atoms with Gasteiger partial charge in [0.1, 0.15) is 0 Å². The molecular formula is C16H23N5O3S. The average Bonchev–Trinajstić information content (AvgIpc) is 2.93. The fourth-order valence-electron chi connectivity index (χ4n) is 3.31. The summed E-state index contributed by atoms with van der Waals surface area (Å²) in [4.78, 5) is 43.2. The monoisotopic (exact) mass is 365 g/mol. The van der Waals surface area contributed by atoms with E-state index in [1.54, 1.807) is 18.7 Å². The van der Waals surface area contributed by atoms with E-state index in [1.807, 2.05) is 4.90 Å². The molecule has 25 heavy (non-hydrogen) atoms. The van der Waals surface area contributed by atoms with E-state index >= 15 is 0 Å². The number of aryl methyl sites for hydroxylation is 2. The molecule has 0 aliphatic carbocycles. The number of carbonyl (C=O) groups is 1. The van der Waals surface area contributed by atoms with Crippen molar-refractivity contribution in [3.05, 3.63) is 20.8 Å². The lowest BCUT2D eigenvalue weighted by Gasteiger charge is -2.33. The van der Waals surface area contributed by atoms with Gasteiger partial charge in [0.2, 0.25) is 5.91 Å². The Hall–Kier alpha value is -2.03. The molecule has 0 bridgehead atoms. The first-order valence-corrected chi connectivity index (χ1v) is 9.36. The highest BCUT2D eigenvalue weighted by molar-refractivity contribution is 7.99. The van der Waals surface area contributed by atoms with Crippen molar-refractivity contribution in [2.45, 2.75) is 37.4 Å². The summed E-state index contributed by atoms with van der Waals surface area (Å²) in [6.45, 7) is 2.88. The Labute approximate surface area is 149 Å². The van der Waals surface area contributed by atoms with Crippen molar-refractivity contribution >= 4 is 28.8 Å². The smallest absolute Gasteiger partial charge is 0.332 e. The maximum Gasteiger partial charge on any atom is 0.332 e. The number of amides is 1. The summed E-state index contributed by atoms with van der Waals surface area (Å²) in [5, 5.41) is 0.561. The molecule has 3 rings (SSSR count). The second-order valence-electron chi connectivity index (χ2n) is 6.55. The third-order valence-corrected chi connectivity index (χ3v) is 5.90. The second kappa shape index (κ2) is 6.70. The number of likely N-dealkylation sites (tertiary alicyclic amines) is 1. The van der Waals surface area contributed by atoms with E-state index in [2.05, 4.69) is 11.9 Å². The lowest BCUT2D eigenvalue weighted by Crippen LogP contribution is -2.42. The van der Waals surface area contributed by atoms with Gasteiger partial charge < -0.3 is 9.47 Å². The van der Waals surface area contributed by atoms with Crippen LogP contribution in [0.15, 0.2) is 14.7 Å². The minimum atomic E-state index is -0.412. The number of piperidine rings is 1. The molecule has 0 N–H and O–H groups in total. The molecular weight excluding hydrogens is 342 g/mol. The van der Waals surface area contributed by atoms with Gasteiger partial charge in [-0.05, 0) is 26.2 Å². The van der Waals surface area contributed by atoms with Crippen LogP contribution in [0.3, 0.4) is 0 Å². The van der Waals surface area contributed by atoms with Crippen molar-refractivity contribution in [2.24, 2.45) is 21.1 Å². The number of thioether (sulfide) groups is 1. The molecule has 3 heterocycles. The topological polar surface area (TPSA) is 82.1 Å². The summed E-state index contributed by atoms with van der Waals surface area (Å²) in [6, 6.07) is 0.274.